The van der Waals surface area contributed by atoms with Gasteiger partial charge >= 0.3 is 0 Å². The van der Waals surface area contributed by atoms with Crippen molar-refractivity contribution < 1.29 is 19.2 Å². The summed E-state index contributed by atoms with van der Waals surface area (Å²) >= 11 is 0. The molecular formula is C13H13N3O4. The fourth-order valence-electron chi connectivity index (χ4n) is 1.47. The summed E-state index contributed by atoms with van der Waals surface area (Å²) in [5, 5.41) is 16.8. The van der Waals surface area contributed by atoms with Crippen LogP contribution in [-0.2, 0) is 0 Å². The number of rotatable bonds is 4. The van der Waals surface area contributed by atoms with Crippen molar-refractivity contribution in [2.75, 3.05) is 7.11 Å². The number of nitrogens with zero attached hydrogens (tertiary/aromatic N) is 2. The van der Waals surface area contributed by atoms with Crippen LogP contribution in [0.2, 0.25) is 0 Å². The van der Waals surface area contributed by atoms with E-state index in [0.29, 0.717) is 17.1 Å². The van der Waals surface area contributed by atoms with Gasteiger partial charge in [0.05, 0.1) is 13.3 Å². The number of hydrogen-bond acceptors (Lipinski definition) is 6. The number of carbonyl (C=O) groups excluding carboxylic acids is 1. The maximum absolute atomic E-state index is 11.6. The zero-order valence-corrected chi connectivity index (χ0v) is 11.0. The van der Waals surface area contributed by atoms with E-state index in [-0.39, 0.29) is 11.4 Å². The average molecular weight is 275 g/mol. The predicted octanol–water partition coefficient (Wildman–Crippen LogP) is 1.46. The molecule has 0 bridgehead atoms. The molecule has 1 heterocycles. The van der Waals surface area contributed by atoms with Crippen LogP contribution in [0.5, 0.6) is 11.5 Å². The van der Waals surface area contributed by atoms with E-state index in [1.165, 1.54) is 25.5 Å². The van der Waals surface area contributed by atoms with Crippen LogP contribution in [0.25, 0.3) is 0 Å². The van der Waals surface area contributed by atoms with Gasteiger partial charge in [-0.25, -0.2) is 5.43 Å². The molecule has 0 saturated heterocycles. The molecule has 2 rings (SSSR count). The van der Waals surface area contributed by atoms with E-state index in [9.17, 15) is 9.90 Å². The van der Waals surface area contributed by atoms with Crippen LogP contribution in [0.15, 0.2) is 33.9 Å². The lowest BCUT2D eigenvalue weighted by Gasteiger charge is -2.03. The van der Waals surface area contributed by atoms with Crippen LogP contribution in [0.3, 0.4) is 0 Å². The second-order valence-electron chi connectivity index (χ2n) is 3.95. The van der Waals surface area contributed by atoms with Gasteiger partial charge in [-0.1, -0.05) is 5.16 Å². The molecule has 0 aliphatic rings. The highest BCUT2D eigenvalue weighted by Crippen LogP contribution is 2.25. The van der Waals surface area contributed by atoms with E-state index in [2.05, 4.69) is 15.7 Å². The third-order valence-corrected chi connectivity index (χ3v) is 2.44. The highest BCUT2D eigenvalue weighted by Gasteiger charge is 2.09. The molecule has 0 unspecified atom stereocenters. The van der Waals surface area contributed by atoms with Crippen molar-refractivity contribution in [2.45, 2.75) is 6.92 Å². The van der Waals surface area contributed by atoms with Gasteiger partial charge in [0.2, 0.25) is 0 Å². The molecule has 20 heavy (non-hydrogen) atoms. The fourth-order valence-corrected chi connectivity index (χ4v) is 1.47. The first-order valence-electron chi connectivity index (χ1n) is 5.74. The molecule has 0 atom stereocenters. The van der Waals surface area contributed by atoms with Gasteiger partial charge in [0.1, 0.15) is 5.76 Å². The summed E-state index contributed by atoms with van der Waals surface area (Å²) in [5.74, 6) is 0.436. The lowest BCUT2D eigenvalue weighted by molar-refractivity contribution is 0.0946. The molecule has 0 radical (unpaired) electrons. The van der Waals surface area contributed by atoms with Crippen LogP contribution in [0.4, 0.5) is 0 Å². The number of hydrogen-bond donors (Lipinski definition) is 2. The third-order valence-electron chi connectivity index (χ3n) is 2.44. The molecule has 1 aromatic carbocycles. The van der Waals surface area contributed by atoms with Crippen molar-refractivity contribution in [3.63, 3.8) is 0 Å². The Morgan fingerprint density at radius 2 is 2.30 bits per heavy atom. The van der Waals surface area contributed by atoms with Crippen LogP contribution < -0.4 is 10.2 Å². The van der Waals surface area contributed by atoms with Gasteiger partial charge in [-0.05, 0) is 30.7 Å². The number of carbonyl (C=O) groups is 1. The second kappa shape index (κ2) is 5.87. The van der Waals surface area contributed by atoms with Crippen molar-refractivity contribution in [3.8, 4) is 11.5 Å². The number of benzene rings is 1. The molecule has 104 valence electrons. The standard InChI is InChI=1S/C13H13N3O4/c1-8-5-10(16-20-8)13(18)15-14-7-9-3-4-11(17)12(6-9)19-2/h3-7,17H,1-2H3,(H,15,18). The van der Waals surface area contributed by atoms with E-state index in [1.54, 1.807) is 19.1 Å². The monoisotopic (exact) mass is 275 g/mol. The molecular weight excluding hydrogens is 262 g/mol. The summed E-state index contributed by atoms with van der Waals surface area (Å²) in [5.41, 5.74) is 3.14. The van der Waals surface area contributed by atoms with E-state index in [1.807, 2.05) is 0 Å². The van der Waals surface area contributed by atoms with Crippen molar-refractivity contribution in [2.24, 2.45) is 5.10 Å². The van der Waals surface area contributed by atoms with Gasteiger partial charge in [0.25, 0.3) is 5.91 Å². The van der Waals surface area contributed by atoms with Crippen molar-refractivity contribution in [3.05, 3.63) is 41.3 Å². The van der Waals surface area contributed by atoms with Crippen LogP contribution in [-0.4, -0.2) is 29.5 Å². The first-order valence-corrected chi connectivity index (χ1v) is 5.74. The molecule has 7 nitrogen and oxygen atoms in total. The van der Waals surface area contributed by atoms with E-state index in [4.69, 9.17) is 9.26 Å². The quantitative estimate of drug-likeness (QED) is 0.650. The molecule has 1 aromatic heterocycles. The number of aromatic nitrogens is 1. The van der Waals surface area contributed by atoms with Gasteiger partial charge in [-0.3, -0.25) is 4.79 Å². The van der Waals surface area contributed by atoms with Crippen LogP contribution >= 0.6 is 0 Å². The van der Waals surface area contributed by atoms with Gasteiger partial charge in [-0.2, -0.15) is 5.10 Å². The highest BCUT2D eigenvalue weighted by molar-refractivity contribution is 5.93. The number of phenolic OH excluding ortho intramolecular Hbond substituents is 1. The molecule has 0 saturated carbocycles. The minimum Gasteiger partial charge on any atom is -0.504 e. The summed E-state index contributed by atoms with van der Waals surface area (Å²) in [7, 11) is 1.45. The van der Waals surface area contributed by atoms with Crippen molar-refractivity contribution in [1.82, 2.24) is 10.6 Å². The molecule has 0 fully saturated rings. The molecule has 2 N–H and O–H groups in total. The van der Waals surface area contributed by atoms with Gasteiger partial charge in [0.15, 0.2) is 17.2 Å². The largest absolute Gasteiger partial charge is 0.504 e. The Kier molecular flexibility index (Phi) is 3.99. The number of aryl methyl sites for hydroxylation is 1. The minimum absolute atomic E-state index is 0.0340. The highest BCUT2D eigenvalue weighted by atomic mass is 16.5. The van der Waals surface area contributed by atoms with Crippen LogP contribution in [0.1, 0.15) is 21.8 Å². The smallest absolute Gasteiger partial charge is 0.293 e. The minimum atomic E-state index is -0.469. The zero-order valence-electron chi connectivity index (χ0n) is 11.0. The second-order valence-corrected chi connectivity index (χ2v) is 3.95. The Morgan fingerprint density at radius 3 is 2.95 bits per heavy atom. The van der Waals surface area contributed by atoms with Gasteiger partial charge < -0.3 is 14.4 Å². The normalized spacial score (nSPS) is 10.7. The summed E-state index contributed by atoms with van der Waals surface area (Å²) in [4.78, 5) is 11.6. The molecule has 0 aliphatic carbocycles. The number of nitrogens with one attached hydrogen (secondary N) is 1. The molecule has 0 aliphatic heterocycles. The Morgan fingerprint density at radius 1 is 1.50 bits per heavy atom. The summed E-state index contributed by atoms with van der Waals surface area (Å²) < 4.78 is 9.75. The first-order chi connectivity index (χ1) is 9.60. The Labute approximate surface area is 114 Å². The maximum Gasteiger partial charge on any atom is 0.293 e. The molecule has 7 heteroatoms. The van der Waals surface area contributed by atoms with E-state index >= 15 is 0 Å². The number of amides is 1. The number of methoxy groups -OCH3 is 1. The summed E-state index contributed by atoms with van der Waals surface area (Å²) in [6.07, 6.45) is 1.42. The Bertz CT molecular complexity index is 649. The lowest BCUT2D eigenvalue weighted by Crippen LogP contribution is -2.17. The van der Waals surface area contributed by atoms with E-state index < -0.39 is 5.91 Å². The number of aromatic hydroxyl groups is 1. The lowest BCUT2D eigenvalue weighted by atomic mass is 10.2. The van der Waals surface area contributed by atoms with Crippen molar-refractivity contribution >= 4 is 12.1 Å². The number of ether oxygens (including phenoxy) is 1. The number of phenols is 1. The molecule has 0 spiro atoms. The Hall–Kier alpha value is -2.83. The van der Waals surface area contributed by atoms with Crippen LogP contribution in [0, 0.1) is 6.92 Å². The zero-order chi connectivity index (χ0) is 14.5. The van der Waals surface area contributed by atoms with E-state index in [0.717, 1.165) is 0 Å². The van der Waals surface area contributed by atoms with Crippen molar-refractivity contribution in [1.29, 1.82) is 0 Å². The molecule has 2 aromatic rings. The predicted molar refractivity (Wildman–Crippen MR) is 71.0 cm³/mol. The first kappa shape index (κ1) is 13.6. The summed E-state index contributed by atoms with van der Waals surface area (Å²) in [6, 6.07) is 6.20. The fraction of sp³-hybridized carbons (Fsp3) is 0.154. The average Bonchev–Trinajstić information content (AvgIpc) is 2.87. The summed E-state index contributed by atoms with van der Waals surface area (Å²) in [6.45, 7) is 1.69. The molecule has 1 amide bonds. The number of hydrazone groups is 1. The van der Waals surface area contributed by atoms with Gasteiger partial charge in [0, 0.05) is 6.07 Å². The van der Waals surface area contributed by atoms with Gasteiger partial charge in [-0.15, -0.1) is 0 Å². The SMILES string of the molecule is COc1cc(C=NNC(=O)c2cc(C)on2)ccc1O. The third kappa shape index (κ3) is 3.14. The Balaban J connectivity index is 2.01. The maximum atomic E-state index is 11.6. The topological polar surface area (TPSA) is 97.0 Å².